The van der Waals surface area contributed by atoms with Crippen molar-refractivity contribution in [1.82, 2.24) is 10.6 Å². The summed E-state index contributed by atoms with van der Waals surface area (Å²) < 4.78 is 9.07. The van der Waals surface area contributed by atoms with Crippen LogP contribution in [0.2, 0.25) is 0 Å². The molecule has 0 fully saturated rings. The van der Waals surface area contributed by atoms with Gasteiger partial charge < -0.3 is 14.8 Å². The molecule has 15 heavy (non-hydrogen) atoms. The molecular formula is C10H24N2O3. The van der Waals surface area contributed by atoms with Crippen LogP contribution >= 0.6 is 0 Å². The average molecular weight is 220 g/mol. The van der Waals surface area contributed by atoms with Crippen molar-refractivity contribution >= 4 is 5.91 Å². The van der Waals surface area contributed by atoms with Crippen LogP contribution in [0.5, 0.6) is 0 Å². The zero-order valence-electron chi connectivity index (χ0n) is 10.4. The van der Waals surface area contributed by atoms with Gasteiger partial charge in [0, 0.05) is 28.4 Å². The third kappa shape index (κ3) is 11.3. The molecule has 0 radical (unpaired) electrons. The molecule has 1 unspecified atom stereocenters. The lowest BCUT2D eigenvalue weighted by atomic mass is 10.1. The van der Waals surface area contributed by atoms with Crippen LogP contribution in [0.4, 0.5) is 0 Å². The molecule has 0 heterocycles. The van der Waals surface area contributed by atoms with Gasteiger partial charge in [-0.05, 0) is 6.42 Å². The van der Waals surface area contributed by atoms with E-state index in [1.165, 1.54) is 0 Å². The van der Waals surface area contributed by atoms with Gasteiger partial charge in [-0.15, -0.1) is 0 Å². The maximum Gasteiger partial charge on any atom is 0.236 e. The topological polar surface area (TPSA) is 59.6 Å². The highest BCUT2D eigenvalue weighted by molar-refractivity contribution is 5.81. The quantitative estimate of drug-likeness (QED) is 0.634. The minimum Gasteiger partial charge on any atom is -0.388 e. The van der Waals surface area contributed by atoms with Crippen molar-refractivity contribution in [2.24, 2.45) is 0 Å². The molecular weight excluding hydrogens is 196 g/mol. The number of carbonyl (C=O) groups excluding carboxylic acids is 1. The van der Waals surface area contributed by atoms with Crippen LogP contribution in [0.3, 0.4) is 0 Å². The van der Waals surface area contributed by atoms with E-state index in [9.17, 15) is 4.79 Å². The second-order valence-electron chi connectivity index (χ2n) is 3.00. The molecule has 2 N–H and O–H groups in total. The number of hydrogen-bond acceptors (Lipinski definition) is 4. The van der Waals surface area contributed by atoms with Crippen molar-refractivity contribution in [2.45, 2.75) is 25.8 Å². The maximum atomic E-state index is 11.2. The molecule has 0 aliphatic carbocycles. The Hall–Kier alpha value is -0.650. The van der Waals surface area contributed by atoms with Crippen LogP contribution in [0.15, 0.2) is 0 Å². The largest absolute Gasteiger partial charge is 0.388 e. The van der Waals surface area contributed by atoms with Crippen molar-refractivity contribution in [2.75, 3.05) is 35.1 Å². The smallest absolute Gasteiger partial charge is 0.236 e. The first-order valence-electron chi connectivity index (χ1n) is 5.01. The molecule has 0 aromatic rings. The predicted molar refractivity (Wildman–Crippen MR) is 60.7 cm³/mol. The number of methoxy groups -OCH3 is 2. The van der Waals surface area contributed by atoms with Crippen molar-refractivity contribution in [3.63, 3.8) is 0 Å². The standard InChI is InChI=1S/C8H18N2O2.C2H6O/c1-4-5-7(8(11)9-2)10-6-12-3;1-3-2/h7,10H,4-6H2,1-3H3,(H,9,11);1-2H3. The number of nitrogens with one attached hydrogen (secondary N) is 2. The molecule has 0 aliphatic rings. The summed E-state index contributed by atoms with van der Waals surface area (Å²) in [6.07, 6.45) is 1.82. The van der Waals surface area contributed by atoms with Gasteiger partial charge in [-0.25, -0.2) is 0 Å². The number of likely N-dealkylation sites (N-methyl/N-ethyl adjacent to an activating group) is 1. The van der Waals surface area contributed by atoms with Crippen LogP contribution in [-0.4, -0.2) is 47.1 Å². The summed E-state index contributed by atoms with van der Waals surface area (Å²) in [5.74, 6) is 0.0221. The van der Waals surface area contributed by atoms with E-state index in [4.69, 9.17) is 4.74 Å². The van der Waals surface area contributed by atoms with Gasteiger partial charge in [0.25, 0.3) is 0 Å². The normalized spacial score (nSPS) is 11.3. The van der Waals surface area contributed by atoms with E-state index in [2.05, 4.69) is 15.4 Å². The van der Waals surface area contributed by atoms with E-state index in [-0.39, 0.29) is 11.9 Å². The molecule has 0 rings (SSSR count). The fourth-order valence-corrected chi connectivity index (χ4v) is 0.973. The zero-order valence-corrected chi connectivity index (χ0v) is 10.4. The van der Waals surface area contributed by atoms with Gasteiger partial charge >= 0.3 is 0 Å². The van der Waals surface area contributed by atoms with Gasteiger partial charge in [0.05, 0.1) is 12.8 Å². The second-order valence-corrected chi connectivity index (χ2v) is 3.00. The lowest BCUT2D eigenvalue weighted by molar-refractivity contribution is -0.123. The van der Waals surface area contributed by atoms with Crippen molar-refractivity contribution in [1.29, 1.82) is 0 Å². The number of ether oxygens (including phenoxy) is 2. The van der Waals surface area contributed by atoms with Gasteiger partial charge in [-0.1, -0.05) is 13.3 Å². The molecule has 0 saturated heterocycles. The molecule has 92 valence electrons. The average Bonchev–Trinajstić information content (AvgIpc) is 2.24. The van der Waals surface area contributed by atoms with E-state index < -0.39 is 0 Å². The van der Waals surface area contributed by atoms with E-state index in [1.807, 2.05) is 6.92 Å². The molecule has 0 aromatic carbocycles. The van der Waals surface area contributed by atoms with E-state index >= 15 is 0 Å². The monoisotopic (exact) mass is 220 g/mol. The lowest BCUT2D eigenvalue weighted by Gasteiger charge is -2.15. The minimum absolute atomic E-state index is 0.0221. The predicted octanol–water partition coefficient (Wildman–Crippen LogP) is 0.357. The van der Waals surface area contributed by atoms with Gasteiger partial charge in [-0.2, -0.15) is 0 Å². The van der Waals surface area contributed by atoms with E-state index in [0.717, 1.165) is 12.8 Å². The Bertz CT molecular complexity index is 143. The first-order valence-corrected chi connectivity index (χ1v) is 5.01. The highest BCUT2D eigenvalue weighted by atomic mass is 16.5. The first kappa shape index (κ1) is 16.8. The molecule has 0 aliphatic heterocycles. The second kappa shape index (κ2) is 13.4. The van der Waals surface area contributed by atoms with Crippen LogP contribution in [0.25, 0.3) is 0 Å². The molecule has 1 atom stereocenters. The number of rotatable bonds is 6. The Morgan fingerprint density at radius 3 is 2.20 bits per heavy atom. The Morgan fingerprint density at radius 1 is 1.33 bits per heavy atom. The third-order valence-corrected chi connectivity index (χ3v) is 1.61. The fraction of sp³-hybridized carbons (Fsp3) is 0.900. The highest BCUT2D eigenvalue weighted by Crippen LogP contribution is 1.95. The molecule has 0 spiro atoms. The summed E-state index contributed by atoms with van der Waals surface area (Å²) in [6.45, 7) is 2.46. The molecule has 0 bridgehead atoms. The summed E-state index contributed by atoms with van der Waals surface area (Å²) in [4.78, 5) is 11.2. The maximum absolute atomic E-state index is 11.2. The molecule has 0 saturated carbocycles. The Kier molecular flexibility index (Phi) is 14.9. The number of hydrogen-bond donors (Lipinski definition) is 2. The van der Waals surface area contributed by atoms with Crippen molar-refractivity contribution in [3.05, 3.63) is 0 Å². The van der Waals surface area contributed by atoms with Gasteiger partial charge in [0.2, 0.25) is 5.91 Å². The fourth-order valence-electron chi connectivity index (χ4n) is 0.973. The zero-order chi connectivity index (χ0) is 12.1. The van der Waals surface area contributed by atoms with Crippen LogP contribution in [0.1, 0.15) is 19.8 Å². The van der Waals surface area contributed by atoms with Crippen molar-refractivity contribution in [3.8, 4) is 0 Å². The number of carbonyl (C=O) groups is 1. The van der Waals surface area contributed by atoms with Gasteiger partial charge in [0.15, 0.2) is 0 Å². The van der Waals surface area contributed by atoms with Crippen molar-refractivity contribution < 1.29 is 14.3 Å². The van der Waals surface area contributed by atoms with Gasteiger partial charge in [0.1, 0.15) is 0 Å². The van der Waals surface area contributed by atoms with Crippen LogP contribution in [-0.2, 0) is 14.3 Å². The van der Waals surface area contributed by atoms with Crippen LogP contribution in [0, 0.1) is 0 Å². The lowest BCUT2D eigenvalue weighted by Crippen LogP contribution is -2.43. The summed E-state index contributed by atoms with van der Waals surface area (Å²) in [5.41, 5.74) is 0. The van der Waals surface area contributed by atoms with Gasteiger partial charge in [-0.3, -0.25) is 10.1 Å². The molecule has 1 amide bonds. The summed E-state index contributed by atoms with van der Waals surface area (Å²) in [7, 11) is 6.49. The van der Waals surface area contributed by atoms with Crippen LogP contribution < -0.4 is 10.6 Å². The van der Waals surface area contributed by atoms with E-state index in [1.54, 1.807) is 28.4 Å². The number of amides is 1. The Morgan fingerprint density at radius 2 is 1.87 bits per heavy atom. The summed E-state index contributed by atoms with van der Waals surface area (Å²) in [6, 6.07) is -0.125. The third-order valence-electron chi connectivity index (χ3n) is 1.61. The highest BCUT2D eigenvalue weighted by Gasteiger charge is 2.13. The first-order chi connectivity index (χ1) is 7.17. The SMILES string of the molecule is CCCC(NCOC)C(=O)NC.COC. The summed E-state index contributed by atoms with van der Waals surface area (Å²) in [5, 5.41) is 5.59. The molecule has 5 nitrogen and oxygen atoms in total. The molecule has 0 aromatic heterocycles. The summed E-state index contributed by atoms with van der Waals surface area (Å²) >= 11 is 0. The minimum atomic E-state index is -0.125. The van der Waals surface area contributed by atoms with E-state index in [0.29, 0.717) is 6.73 Å². The Labute approximate surface area is 92.5 Å². The Balaban J connectivity index is 0. The molecule has 5 heteroatoms.